The first-order chi connectivity index (χ1) is 10.6. The summed E-state index contributed by atoms with van der Waals surface area (Å²) in [7, 11) is 0. The fourth-order valence-corrected chi connectivity index (χ4v) is 2.37. The number of pyridine rings is 1. The Kier molecular flexibility index (Phi) is 3.74. The maximum atomic E-state index is 6.44. The molecule has 22 heavy (non-hydrogen) atoms. The van der Waals surface area contributed by atoms with Crippen LogP contribution in [0.4, 0.5) is 0 Å². The fraction of sp³-hybridized carbons (Fsp3) is 0.267. The summed E-state index contributed by atoms with van der Waals surface area (Å²) in [5, 5.41) is 0.881. The largest absolute Gasteiger partial charge is 0.330 e. The van der Waals surface area contributed by atoms with Gasteiger partial charge >= 0.3 is 0 Å². The molecule has 0 saturated carbocycles. The van der Waals surface area contributed by atoms with Crippen LogP contribution in [0.3, 0.4) is 0 Å². The van der Waals surface area contributed by atoms with Crippen molar-refractivity contribution in [2.75, 3.05) is 6.54 Å². The molecule has 7 nitrogen and oxygen atoms in total. The second-order valence-corrected chi connectivity index (χ2v) is 5.34. The predicted molar refractivity (Wildman–Crippen MR) is 83.6 cm³/mol. The average molecular weight is 295 g/mol. The van der Waals surface area contributed by atoms with Gasteiger partial charge in [0.15, 0.2) is 5.82 Å². The van der Waals surface area contributed by atoms with Crippen LogP contribution in [-0.4, -0.2) is 31.5 Å². The lowest BCUT2D eigenvalue weighted by atomic mass is 9.92. The molecule has 0 bridgehead atoms. The van der Waals surface area contributed by atoms with Gasteiger partial charge in [-0.25, -0.2) is 19.9 Å². The van der Waals surface area contributed by atoms with Gasteiger partial charge < -0.3 is 11.5 Å². The lowest BCUT2D eigenvalue weighted by Crippen LogP contribution is -2.36. The Hall–Kier alpha value is -2.51. The van der Waals surface area contributed by atoms with Crippen molar-refractivity contribution in [3.63, 3.8) is 0 Å². The molecular weight excluding hydrogens is 278 g/mol. The summed E-state index contributed by atoms with van der Waals surface area (Å²) < 4.78 is 0. The molecule has 0 fully saturated rings. The second-order valence-electron chi connectivity index (χ2n) is 5.34. The van der Waals surface area contributed by atoms with Crippen LogP contribution in [0.5, 0.6) is 0 Å². The zero-order chi connectivity index (χ0) is 15.6. The molecule has 0 radical (unpaired) electrons. The van der Waals surface area contributed by atoms with Crippen LogP contribution in [0.2, 0.25) is 0 Å². The summed E-state index contributed by atoms with van der Waals surface area (Å²) >= 11 is 0. The summed E-state index contributed by atoms with van der Waals surface area (Å²) in [6.45, 7) is 2.40. The van der Waals surface area contributed by atoms with E-state index >= 15 is 0 Å². The second kappa shape index (κ2) is 5.70. The zero-order valence-electron chi connectivity index (χ0n) is 12.3. The Morgan fingerprint density at radius 1 is 1.14 bits per heavy atom. The summed E-state index contributed by atoms with van der Waals surface area (Å²) in [6.07, 6.45) is 7.14. The molecule has 3 heterocycles. The third-order valence-corrected chi connectivity index (χ3v) is 3.51. The number of rotatable bonds is 4. The minimum Gasteiger partial charge on any atom is -0.330 e. The number of hydrogen-bond acceptors (Lipinski definition) is 7. The van der Waals surface area contributed by atoms with Crippen molar-refractivity contribution in [3.05, 3.63) is 42.7 Å². The topological polar surface area (TPSA) is 116 Å². The summed E-state index contributed by atoms with van der Waals surface area (Å²) in [5.41, 5.74) is 13.6. The van der Waals surface area contributed by atoms with Gasteiger partial charge in [-0.15, -0.1) is 0 Å². The monoisotopic (exact) mass is 295 g/mol. The number of aromatic nitrogens is 5. The molecule has 3 aromatic heterocycles. The molecule has 3 rings (SSSR count). The van der Waals surface area contributed by atoms with E-state index < -0.39 is 5.54 Å². The Bertz CT molecular complexity index is 786. The third-order valence-electron chi connectivity index (χ3n) is 3.51. The van der Waals surface area contributed by atoms with Gasteiger partial charge in [-0.05, 0) is 32.0 Å². The molecule has 0 spiro atoms. The molecule has 4 N–H and O–H groups in total. The first-order valence-electron chi connectivity index (χ1n) is 6.99. The van der Waals surface area contributed by atoms with Gasteiger partial charge in [0.05, 0.1) is 22.9 Å². The highest BCUT2D eigenvalue weighted by Gasteiger charge is 2.26. The highest BCUT2D eigenvalue weighted by molar-refractivity contribution is 5.82. The van der Waals surface area contributed by atoms with E-state index in [1.165, 1.54) is 6.33 Å². The molecule has 1 unspecified atom stereocenters. The third kappa shape index (κ3) is 2.63. The van der Waals surface area contributed by atoms with E-state index in [0.717, 1.165) is 16.6 Å². The molecular formula is C15H17N7. The van der Waals surface area contributed by atoms with Gasteiger partial charge in [-0.1, -0.05) is 0 Å². The zero-order valence-corrected chi connectivity index (χ0v) is 12.3. The van der Waals surface area contributed by atoms with Crippen molar-refractivity contribution in [1.82, 2.24) is 24.9 Å². The van der Waals surface area contributed by atoms with Crippen LogP contribution in [0, 0.1) is 0 Å². The highest BCUT2D eigenvalue weighted by Crippen LogP contribution is 2.28. The average Bonchev–Trinajstić information content (AvgIpc) is 2.54. The van der Waals surface area contributed by atoms with Crippen LogP contribution >= 0.6 is 0 Å². The fourth-order valence-electron chi connectivity index (χ4n) is 2.37. The molecule has 0 aromatic carbocycles. The van der Waals surface area contributed by atoms with Crippen molar-refractivity contribution in [3.8, 4) is 11.5 Å². The summed E-state index contributed by atoms with van der Waals surface area (Å²) in [5.74, 6) is 0.506. The van der Waals surface area contributed by atoms with Gasteiger partial charge in [0.2, 0.25) is 0 Å². The summed E-state index contributed by atoms with van der Waals surface area (Å²) in [4.78, 5) is 21.4. The Morgan fingerprint density at radius 3 is 2.68 bits per heavy atom. The van der Waals surface area contributed by atoms with E-state index in [1.807, 2.05) is 13.0 Å². The molecule has 0 aliphatic heterocycles. The van der Waals surface area contributed by atoms with Crippen LogP contribution in [0.1, 0.15) is 19.0 Å². The van der Waals surface area contributed by atoms with Crippen LogP contribution in [-0.2, 0) is 5.54 Å². The molecule has 112 valence electrons. The Morgan fingerprint density at radius 2 is 1.95 bits per heavy atom. The molecule has 0 aliphatic rings. The lowest BCUT2D eigenvalue weighted by Gasteiger charge is -2.25. The molecule has 0 amide bonds. The first kappa shape index (κ1) is 14.4. The van der Waals surface area contributed by atoms with E-state index in [4.69, 9.17) is 11.5 Å². The summed E-state index contributed by atoms with van der Waals surface area (Å²) in [6, 6.07) is 3.63. The van der Waals surface area contributed by atoms with Gasteiger partial charge in [0.1, 0.15) is 12.0 Å². The van der Waals surface area contributed by atoms with E-state index in [0.29, 0.717) is 24.5 Å². The molecule has 0 saturated heterocycles. The van der Waals surface area contributed by atoms with Crippen LogP contribution in [0.15, 0.2) is 37.1 Å². The Labute approximate surface area is 127 Å². The smallest absolute Gasteiger partial charge is 0.179 e. The van der Waals surface area contributed by atoms with Crippen molar-refractivity contribution in [2.24, 2.45) is 11.5 Å². The lowest BCUT2D eigenvalue weighted by molar-refractivity contribution is 0.450. The normalized spacial score (nSPS) is 14.0. The van der Waals surface area contributed by atoms with Gasteiger partial charge in [-0.2, -0.15) is 0 Å². The maximum Gasteiger partial charge on any atom is 0.179 e. The van der Waals surface area contributed by atoms with Crippen molar-refractivity contribution < 1.29 is 0 Å². The SMILES string of the molecule is CC(N)(CCN)c1nc(-c2ccncn2)nc2cnccc12. The minimum absolute atomic E-state index is 0.479. The van der Waals surface area contributed by atoms with Crippen LogP contribution < -0.4 is 11.5 Å². The van der Waals surface area contributed by atoms with Crippen molar-refractivity contribution in [2.45, 2.75) is 18.9 Å². The molecule has 3 aromatic rings. The minimum atomic E-state index is -0.654. The van der Waals surface area contributed by atoms with E-state index in [9.17, 15) is 0 Å². The molecule has 7 heteroatoms. The van der Waals surface area contributed by atoms with Gasteiger partial charge in [0.25, 0.3) is 0 Å². The highest BCUT2D eigenvalue weighted by atomic mass is 15.0. The Balaban J connectivity index is 2.25. The van der Waals surface area contributed by atoms with E-state index in [-0.39, 0.29) is 0 Å². The van der Waals surface area contributed by atoms with E-state index in [1.54, 1.807) is 24.7 Å². The number of nitrogens with zero attached hydrogens (tertiary/aromatic N) is 5. The van der Waals surface area contributed by atoms with Crippen molar-refractivity contribution in [1.29, 1.82) is 0 Å². The molecule has 1 atom stereocenters. The van der Waals surface area contributed by atoms with Crippen molar-refractivity contribution >= 4 is 10.9 Å². The number of nitrogens with two attached hydrogens (primary N) is 2. The van der Waals surface area contributed by atoms with E-state index in [2.05, 4.69) is 24.9 Å². The van der Waals surface area contributed by atoms with Gasteiger partial charge in [-0.3, -0.25) is 4.98 Å². The van der Waals surface area contributed by atoms with Crippen LogP contribution in [0.25, 0.3) is 22.4 Å². The maximum absolute atomic E-state index is 6.44. The quantitative estimate of drug-likeness (QED) is 0.737. The number of hydrogen-bond donors (Lipinski definition) is 2. The first-order valence-corrected chi connectivity index (χ1v) is 6.99. The predicted octanol–water partition coefficient (Wildman–Crippen LogP) is 1.00. The number of fused-ring (bicyclic) bond motifs is 1. The molecule has 0 aliphatic carbocycles. The van der Waals surface area contributed by atoms with Gasteiger partial charge in [0, 0.05) is 17.8 Å². The standard InChI is InChI=1S/C15H17N7/c1-15(17,4-5-16)13-10-2-6-18-8-12(10)21-14(22-13)11-3-7-19-9-20-11/h2-3,6-9H,4-5,16-17H2,1H3.